The van der Waals surface area contributed by atoms with Crippen molar-refractivity contribution in [3.63, 3.8) is 0 Å². The van der Waals surface area contributed by atoms with Crippen molar-refractivity contribution in [2.24, 2.45) is 0 Å². The van der Waals surface area contributed by atoms with Crippen LogP contribution in [0, 0.1) is 0 Å². The molecule has 0 aliphatic carbocycles. The molecule has 26 heavy (non-hydrogen) atoms. The highest BCUT2D eigenvalue weighted by Gasteiger charge is 2.16. The lowest BCUT2D eigenvalue weighted by Crippen LogP contribution is -2.31. The van der Waals surface area contributed by atoms with Gasteiger partial charge in [0.25, 0.3) is 0 Å². The highest BCUT2D eigenvalue weighted by molar-refractivity contribution is 6.59. The molecule has 0 saturated carbocycles. The topological polar surface area (TPSA) is 18.5 Å². The minimum atomic E-state index is -0.705. The van der Waals surface area contributed by atoms with Crippen LogP contribution in [0.3, 0.4) is 0 Å². The summed E-state index contributed by atoms with van der Waals surface area (Å²) in [5.74, 6) is -0.0913. The van der Waals surface area contributed by atoms with Crippen LogP contribution in [0.15, 0.2) is 66.7 Å². The molecule has 0 atom stereocenters. The number of hydrogen-bond donors (Lipinski definition) is 0. The van der Waals surface area contributed by atoms with Crippen LogP contribution in [-0.2, 0) is 9.47 Å². The van der Waals surface area contributed by atoms with E-state index < -0.39 is 9.52 Å². The lowest BCUT2D eigenvalue weighted by Gasteiger charge is -2.18. The minimum Gasteiger partial charge on any atom is -0.360 e. The zero-order valence-corrected chi connectivity index (χ0v) is 16.4. The average Bonchev–Trinajstić information content (AvgIpc) is 2.70. The highest BCUT2D eigenvalue weighted by Crippen LogP contribution is 2.39. The maximum absolute atomic E-state index is 5.50. The molecular formula is C23H20O2Si. The van der Waals surface area contributed by atoms with E-state index >= 15 is 0 Å². The van der Waals surface area contributed by atoms with Gasteiger partial charge in [-0.15, -0.1) is 0 Å². The lowest BCUT2D eigenvalue weighted by atomic mass is 9.90. The Morgan fingerprint density at radius 3 is 1.81 bits per heavy atom. The average molecular weight is 356 g/mol. The van der Waals surface area contributed by atoms with E-state index in [-0.39, 0.29) is 5.91 Å². The van der Waals surface area contributed by atoms with E-state index in [0.717, 1.165) is 0 Å². The standard InChI is InChI=1S/C23H20O2Si/c1-24-23(25-2)26-20-13-12-18-16-9-4-7-14-6-3-8-15(21(14)16)17-10-5-11-19(20)22(17)18/h3-13,23H,26H2,1-2H3. The van der Waals surface area contributed by atoms with Crippen LogP contribution in [0.1, 0.15) is 0 Å². The van der Waals surface area contributed by atoms with Gasteiger partial charge in [0.15, 0.2) is 0 Å². The largest absolute Gasteiger partial charge is 0.360 e. The van der Waals surface area contributed by atoms with Gasteiger partial charge >= 0.3 is 0 Å². The third kappa shape index (κ3) is 2.18. The molecule has 0 bridgehead atoms. The Morgan fingerprint density at radius 1 is 0.615 bits per heavy atom. The quantitative estimate of drug-likeness (QED) is 0.209. The Morgan fingerprint density at radius 2 is 1.15 bits per heavy atom. The highest BCUT2D eigenvalue weighted by atomic mass is 28.2. The second-order valence-corrected chi connectivity index (χ2v) is 8.65. The molecule has 5 aromatic carbocycles. The van der Waals surface area contributed by atoms with Crippen molar-refractivity contribution >= 4 is 57.8 Å². The van der Waals surface area contributed by atoms with Crippen molar-refractivity contribution in [1.29, 1.82) is 0 Å². The van der Waals surface area contributed by atoms with Crippen LogP contribution in [0.25, 0.3) is 43.1 Å². The fraction of sp³-hybridized carbons (Fsp3) is 0.130. The first kappa shape index (κ1) is 15.8. The zero-order valence-electron chi connectivity index (χ0n) is 15.0. The molecular weight excluding hydrogens is 336 g/mol. The molecule has 0 unspecified atom stereocenters. The third-order valence-electron chi connectivity index (χ3n) is 5.53. The van der Waals surface area contributed by atoms with Crippen LogP contribution in [0.2, 0.25) is 0 Å². The number of hydrogen-bond acceptors (Lipinski definition) is 2. The van der Waals surface area contributed by atoms with Crippen LogP contribution in [0.5, 0.6) is 0 Å². The number of methoxy groups -OCH3 is 2. The molecule has 0 N–H and O–H groups in total. The van der Waals surface area contributed by atoms with Crippen molar-refractivity contribution in [3.05, 3.63) is 66.7 Å². The van der Waals surface area contributed by atoms with Crippen LogP contribution in [0.4, 0.5) is 0 Å². The van der Waals surface area contributed by atoms with Gasteiger partial charge in [-0.05, 0) is 43.1 Å². The van der Waals surface area contributed by atoms with E-state index in [1.165, 1.54) is 48.3 Å². The molecule has 0 aliphatic rings. The van der Waals surface area contributed by atoms with Crippen LogP contribution in [-0.4, -0.2) is 29.7 Å². The summed E-state index contributed by atoms with van der Waals surface area (Å²) in [5, 5.41) is 12.1. The summed E-state index contributed by atoms with van der Waals surface area (Å²) in [7, 11) is 2.75. The molecule has 0 amide bonds. The molecule has 0 saturated heterocycles. The number of fused-ring (bicyclic) bond motifs is 2. The Labute approximate surface area is 154 Å². The summed E-state index contributed by atoms with van der Waals surface area (Å²) in [6, 6.07) is 24.5. The van der Waals surface area contributed by atoms with E-state index in [0.29, 0.717) is 0 Å². The van der Waals surface area contributed by atoms with Gasteiger partial charge in [0.05, 0.1) is 0 Å². The van der Waals surface area contributed by atoms with Gasteiger partial charge in [0.2, 0.25) is 0 Å². The van der Waals surface area contributed by atoms with Crippen molar-refractivity contribution in [2.75, 3.05) is 14.2 Å². The van der Waals surface area contributed by atoms with Crippen molar-refractivity contribution in [3.8, 4) is 0 Å². The van der Waals surface area contributed by atoms with Gasteiger partial charge in [-0.3, -0.25) is 0 Å². The van der Waals surface area contributed by atoms with Crippen LogP contribution < -0.4 is 5.19 Å². The molecule has 5 rings (SSSR count). The molecule has 0 heterocycles. The lowest BCUT2D eigenvalue weighted by molar-refractivity contribution is -0.0429. The summed E-state index contributed by atoms with van der Waals surface area (Å²) in [6.45, 7) is 0. The second kappa shape index (κ2) is 6.06. The molecule has 5 aromatic rings. The van der Waals surface area contributed by atoms with Gasteiger partial charge in [-0.1, -0.05) is 71.9 Å². The molecule has 0 spiro atoms. The smallest absolute Gasteiger partial charge is 0.139 e. The van der Waals surface area contributed by atoms with E-state index in [9.17, 15) is 0 Å². The Balaban J connectivity index is 1.94. The number of ether oxygens (including phenoxy) is 2. The molecule has 0 radical (unpaired) electrons. The summed E-state index contributed by atoms with van der Waals surface area (Å²) in [5.41, 5.74) is 0. The number of rotatable bonds is 4. The SMILES string of the molecule is COC(OC)[SiH2]c1ccc2c3cccc4cccc(c5cccc1c52)c43. The van der Waals surface area contributed by atoms with E-state index in [2.05, 4.69) is 66.7 Å². The molecule has 128 valence electrons. The van der Waals surface area contributed by atoms with Gasteiger partial charge in [0, 0.05) is 14.2 Å². The monoisotopic (exact) mass is 356 g/mol. The van der Waals surface area contributed by atoms with E-state index in [4.69, 9.17) is 9.47 Å². The zero-order chi connectivity index (χ0) is 17.7. The predicted octanol–water partition coefficient (Wildman–Crippen LogP) is 4.11. The fourth-order valence-corrected chi connectivity index (χ4v) is 5.79. The van der Waals surface area contributed by atoms with Gasteiger partial charge in [-0.25, -0.2) is 0 Å². The first-order chi connectivity index (χ1) is 12.8. The van der Waals surface area contributed by atoms with Gasteiger partial charge < -0.3 is 9.47 Å². The fourth-order valence-electron chi connectivity index (χ4n) is 4.33. The summed E-state index contributed by atoms with van der Waals surface area (Å²) < 4.78 is 11.0. The van der Waals surface area contributed by atoms with Gasteiger partial charge in [-0.2, -0.15) is 0 Å². The molecule has 3 heteroatoms. The first-order valence-electron chi connectivity index (χ1n) is 8.94. The number of benzene rings is 5. The Kier molecular flexibility index (Phi) is 3.67. The first-order valence-corrected chi connectivity index (χ1v) is 10.5. The van der Waals surface area contributed by atoms with Crippen LogP contribution >= 0.6 is 0 Å². The normalized spacial score (nSPS) is 12.7. The molecule has 0 aliphatic heterocycles. The third-order valence-corrected chi connectivity index (χ3v) is 7.58. The predicted molar refractivity (Wildman–Crippen MR) is 114 cm³/mol. The molecule has 0 fully saturated rings. The Bertz CT molecular complexity index is 1190. The second-order valence-electron chi connectivity index (χ2n) is 6.81. The van der Waals surface area contributed by atoms with Crippen molar-refractivity contribution in [2.45, 2.75) is 5.91 Å². The van der Waals surface area contributed by atoms with Crippen molar-refractivity contribution < 1.29 is 9.47 Å². The van der Waals surface area contributed by atoms with Gasteiger partial charge in [0.1, 0.15) is 15.4 Å². The van der Waals surface area contributed by atoms with E-state index in [1.807, 2.05) is 0 Å². The summed E-state index contributed by atoms with van der Waals surface area (Å²) in [6.07, 6.45) is 0. The minimum absolute atomic E-state index is 0.0913. The molecule has 2 nitrogen and oxygen atoms in total. The summed E-state index contributed by atoms with van der Waals surface area (Å²) in [4.78, 5) is 0. The van der Waals surface area contributed by atoms with E-state index in [1.54, 1.807) is 14.2 Å². The summed E-state index contributed by atoms with van der Waals surface area (Å²) >= 11 is 0. The Hall–Kier alpha value is -2.46. The van der Waals surface area contributed by atoms with Crippen molar-refractivity contribution in [1.82, 2.24) is 0 Å². The molecule has 0 aromatic heterocycles. The maximum Gasteiger partial charge on any atom is 0.139 e. The maximum atomic E-state index is 5.50.